The first-order valence-electron chi connectivity index (χ1n) is 9.73. The van der Waals surface area contributed by atoms with Crippen LogP contribution in [0.15, 0.2) is 57.7 Å². The molecule has 28 heavy (non-hydrogen) atoms. The van der Waals surface area contributed by atoms with E-state index in [9.17, 15) is 9.59 Å². The van der Waals surface area contributed by atoms with Crippen LogP contribution < -0.4 is 5.63 Å². The Morgan fingerprint density at radius 3 is 2.46 bits per heavy atom. The third kappa shape index (κ3) is 4.33. The molecule has 0 saturated heterocycles. The van der Waals surface area contributed by atoms with Crippen LogP contribution in [0.1, 0.15) is 42.5 Å². The van der Waals surface area contributed by atoms with Crippen LogP contribution >= 0.6 is 0 Å². The van der Waals surface area contributed by atoms with Gasteiger partial charge in [0.05, 0.1) is 0 Å². The van der Waals surface area contributed by atoms with Crippen LogP contribution in [0.4, 0.5) is 0 Å². The summed E-state index contributed by atoms with van der Waals surface area (Å²) in [5.74, 6) is 0.0432. The van der Waals surface area contributed by atoms with Crippen molar-refractivity contribution in [3.8, 4) is 0 Å². The smallest absolute Gasteiger partial charge is 0.339 e. The van der Waals surface area contributed by atoms with Crippen LogP contribution in [-0.4, -0.2) is 16.8 Å². The monoisotopic (exact) mass is 377 g/mol. The summed E-state index contributed by atoms with van der Waals surface area (Å²) < 4.78 is 5.51. The zero-order valence-corrected chi connectivity index (χ0v) is 17.0. The van der Waals surface area contributed by atoms with Crippen LogP contribution in [0.5, 0.6) is 0 Å². The largest absolute Gasteiger partial charge is 0.423 e. The number of hydrogen-bond acceptors (Lipinski definition) is 3. The van der Waals surface area contributed by atoms with Crippen molar-refractivity contribution < 1.29 is 9.21 Å². The van der Waals surface area contributed by atoms with E-state index < -0.39 is 0 Å². The molecule has 0 fully saturated rings. The zero-order valence-electron chi connectivity index (χ0n) is 17.0. The second-order valence-electron chi connectivity index (χ2n) is 7.59. The Morgan fingerprint density at radius 1 is 1.07 bits per heavy atom. The van der Waals surface area contributed by atoms with E-state index in [-0.39, 0.29) is 24.0 Å². The van der Waals surface area contributed by atoms with E-state index in [1.165, 1.54) is 0 Å². The van der Waals surface area contributed by atoms with Gasteiger partial charge in [-0.25, -0.2) is 4.79 Å². The van der Waals surface area contributed by atoms with Crippen molar-refractivity contribution in [3.05, 3.63) is 81.2 Å². The van der Waals surface area contributed by atoms with Gasteiger partial charge in [0.2, 0.25) is 5.91 Å². The molecule has 1 aromatic heterocycles. The first-order chi connectivity index (χ1) is 13.4. The molecule has 1 heterocycles. The lowest BCUT2D eigenvalue weighted by molar-refractivity contribution is -0.133. The summed E-state index contributed by atoms with van der Waals surface area (Å²) in [5.41, 5.74) is 3.90. The third-order valence-corrected chi connectivity index (χ3v) is 5.17. The number of amides is 1. The molecule has 4 nitrogen and oxygen atoms in total. The Kier molecular flexibility index (Phi) is 5.98. The van der Waals surface area contributed by atoms with Crippen molar-refractivity contribution in [2.45, 2.75) is 53.1 Å². The van der Waals surface area contributed by atoms with Gasteiger partial charge in [0.25, 0.3) is 0 Å². The summed E-state index contributed by atoms with van der Waals surface area (Å²) in [6.07, 6.45) is 0.669. The molecule has 0 atom stereocenters. The van der Waals surface area contributed by atoms with Crippen molar-refractivity contribution in [2.24, 2.45) is 0 Å². The van der Waals surface area contributed by atoms with Crippen molar-refractivity contribution in [1.82, 2.24) is 4.90 Å². The van der Waals surface area contributed by atoms with E-state index in [0.29, 0.717) is 24.1 Å². The molecule has 0 radical (unpaired) electrons. The number of hydrogen-bond donors (Lipinski definition) is 0. The first-order valence-corrected chi connectivity index (χ1v) is 9.73. The van der Waals surface area contributed by atoms with Crippen molar-refractivity contribution in [1.29, 1.82) is 0 Å². The van der Waals surface area contributed by atoms with Crippen molar-refractivity contribution >= 4 is 16.9 Å². The number of nitrogens with zero attached hydrogens (tertiary/aromatic N) is 1. The van der Waals surface area contributed by atoms with Crippen LogP contribution in [0, 0.1) is 13.8 Å². The average molecular weight is 377 g/mol. The molecule has 0 aliphatic carbocycles. The van der Waals surface area contributed by atoms with Gasteiger partial charge >= 0.3 is 5.63 Å². The van der Waals surface area contributed by atoms with Gasteiger partial charge in [-0.3, -0.25) is 4.79 Å². The predicted molar refractivity (Wildman–Crippen MR) is 112 cm³/mol. The summed E-state index contributed by atoms with van der Waals surface area (Å²) in [4.78, 5) is 27.2. The Hall–Kier alpha value is -2.88. The Morgan fingerprint density at radius 2 is 1.79 bits per heavy atom. The fourth-order valence-electron chi connectivity index (χ4n) is 3.50. The number of carbonyl (C=O) groups excluding carboxylic acids is 1. The van der Waals surface area contributed by atoms with Gasteiger partial charge < -0.3 is 9.32 Å². The minimum Gasteiger partial charge on any atom is -0.423 e. The van der Waals surface area contributed by atoms with E-state index in [4.69, 9.17) is 4.42 Å². The molecular weight excluding hydrogens is 350 g/mol. The second-order valence-corrected chi connectivity index (χ2v) is 7.59. The molecule has 0 aliphatic heterocycles. The maximum Gasteiger partial charge on any atom is 0.339 e. The van der Waals surface area contributed by atoms with Gasteiger partial charge in [-0.1, -0.05) is 42.5 Å². The number of benzene rings is 2. The first kappa shape index (κ1) is 19.9. The molecular formula is C24H27NO3. The molecule has 1 amide bonds. The molecule has 0 unspecified atom stereocenters. The SMILES string of the molecule is Cc1ccc2c(C)c(CCC(=O)N(Cc3ccccc3)C(C)C)c(=O)oc2c1. The zero-order chi connectivity index (χ0) is 20.3. The normalized spacial score (nSPS) is 11.2. The van der Waals surface area contributed by atoms with E-state index in [0.717, 1.165) is 22.1 Å². The summed E-state index contributed by atoms with van der Waals surface area (Å²) >= 11 is 0. The van der Waals surface area contributed by atoms with Gasteiger partial charge in [0.1, 0.15) is 5.58 Å². The Bertz CT molecular complexity index is 1030. The van der Waals surface area contributed by atoms with E-state index >= 15 is 0 Å². The summed E-state index contributed by atoms with van der Waals surface area (Å²) in [5, 5.41) is 0.928. The number of rotatable bonds is 6. The highest BCUT2D eigenvalue weighted by molar-refractivity contribution is 5.82. The van der Waals surface area contributed by atoms with E-state index in [1.807, 2.05) is 81.1 Å². The molecule has 3 rings (SSSR count). The van der Waals surface area contributed by atoms with Crippen molar-refractivity contribution in [3.63, 3.8) is 0 Å². The minimum atomic E-state index is -0.345. The van der Waals surface area contributed by atoms with Crippen molar-refractivity contribution in [2.75, 3.05) is 0 Å². The van der Waals surface area contributed by atoms with Gasteiger partial charge in [0, 0.05) is 30.0 Å². The Labute approximate surface area is 165 Å². The summed E-state index contributed by atoms with van der Waals surface area (Å²) in [7, 11) is 0. The molecule has 3 aromatic rings. The predicted octanol–water partition coefficient (Wildman–Crippen LogP) is 4.78. The van der Waals surface area contributed by atoms with Gasteiger partial charge in [-0.2, -0.15) is 0 Å². The fraction of sp³-hybridized carbons (Fsp3) is 0.333. The number of aryl methyl sites for hydroxylation is 2. The number of fused-ring (bicyclic) bond motifs is 1. The topological polar surface area (TPSA) is 50.5 Å². The molecule has 0 saturated carbocycles. The van der Waals surface area contributed by atoms with Gasteiger partial charge in [-0.15, -0.1) is 0 Å². The van der Waals surface area contributed by atoms with Crippen LogP contribution in [0.2, 0.25) is 0 Å². The maximum absolute atomic E-state index is 12.9. The lowest BCUT2D eigenvalue weighted by atomic mass is 10.0. The quantitative estimate of drug-likeness (QED) is 0.581. The van der Waals surface area contributed by atoms with Crippen LogP contribution in [0.3, 0.4) is 0 Å². The lowest BCUT2D eigenvalue weighted by Gasteiger charge is -2.27. The lowest BCUT2D eigenvalue weighted by Crippen LogP contribution is -2.36. The highest BCUT2D eigenvalue weighted by atomic mass is 16.4. The maximum atomic E-state index is 12.9. The molecule has 146 valence electrons. The third-order valence-electron chi connectivity index (χ3n) is 5.17. The molecule has 0 spiro atoms. The van der Waals surface area contributed by atoms with E-state index in [1.54, 1.807) is 0 Å². The van der Waals surface area contributed by atoms with E-state index in [2.05, 4.69) is 0 Å². The summed E-state index contributed by atoms with van der Waals surface area (Å²) in [6, 6.07) is 15.9. The second kappa shape index (κ2) is 8.42. The molecule has 0 bridgehead atoms. The minimum absolute atomic E-state index is 0.0432. The number of carbonyl (C=O) groups is 1. The fourth-order valence-corrected chi connectivity index (χ4v) is 3.50. The summed E-state index contributed by atoms with van der Waals surface area (Å²) in [6.45, 7) is 8.49. The van der Waals surface area contributed by atoms with Crippen LogP contribution in [0.25, 0.3) is 11.0 Å². The van der Waals surface area contributed by atoms with Gasteiger partial charge in [-0.05, 0) is 56.9 Å². The van der Waals surface area contributed by atoms with Gasteiger partial charge in [0.15, 0.2) is 0 Å². The molecule has 2 aromatic carbocycles. The average Bonchev–Trinajstić information content (AvgIpc) is 2.66. The molecule has 0 N–H and O–H groups in total. The highest BCUT2D eigenvalue weighted by Crippen LogP contribution is 2.22. The highest BCUT2D eigenvalue weighted by Gasteiger charge is 2.19. The standard InChI is InChI=1S/C24H27NO3/c1-16(2)25(15-19-8-6-5-7-9-19)23(26)13-12-21-18(4)20-11-10-17(3)14-22(20)28-24(21)27/h5-11,14,16H,12-13,15H2,1-4H3. The molecule has 0 aliphatic rings. The van der Waals surface area contributed by atoms with Crippen LogP contribution in [-0.2, 0) is 17.8 Å². The Balaban J connectivity index is 1.79. The molecule has 4 heteroatoms.